The van der Waals surface area contributed by atoms with E-state index in [9.17, 15) is 0 Å². The summed E-state index contributed by atoms with van der Waals surface area (Å²) in [6.07, 6.45) is 3.29. The Morgan fingerprint density at radius 2 is 1.80 bits per heavy atom. The highest BCUT2D eigenvalue weighted by Gasteiger charge is 2.11. The van der Waals surface area contributed by atoms with Gasteiger partial charge in [-0.05, 0) is 31.0 Å². The SMILES string of the molecule is CC[C@@H](c1ccccc1)n1cccc1C. The molecule has 15 heavy (non-hydrogen) atoms. The number of rotatable bonds is 3. The van der Waals surface area contributed by atoms with Gasteiger partial charge in [-0.3, -0.25) is 0 Å². The van der Waals surface area contributed by atoms with Crippen LogP contribution in [0.5, 0.6) is 0 Å². The van der Waals surface area contributed by atoms with E-state index in [2.05, 4.69) is 67.1 Å². The van der Waals surface area contributed by atoms with E-state index in [0.29, 0.717) is 6.04 Å². The zero-order valence-electron chi connectivity index (χ0n) is 9.35. The lowest BCUT2D eigenvalue weighted by Gasteiger charge is -2.19. The molecule has 0 spiro atoms. The molecule has 0 aliphatic carbocycles. The Hall–Kier alpha value is -1.50. The van der Waals surface area contributed by atoms with Crippen LogP contribution in [0.3, 0.4) is 0 Å². The van der Waals surface area contributed by atoms with Crippen molar-refractivity contribution in [2.45, 2.75) is 26.3 Å². The molecule has 2 rings (SSSR count). The van der Waals surface area contributed by atoms with Crippen molar-refractivity contribution >= 4 is 0 Å². The zero-order chi connectivity index (χ0) is 10.7. The lowest BCUT2D eigenvalue weighted by atomic mass is 10.0. The molecule has 1 aromatic heterocycles. The fourth-order valence-electron chi connectivity index (χ4n) is 2.10. The summed E-state index contributed by atoms with van der Waals surface area (Å²) in [5, 5.41) is 0. The van der Waals surface area contributed by atoms with Gasteiger partial charge in [-0.15, -0.1) is 0 Å². The second kappa shape index (κ2) is 4.35. The van der Waals surface area contributed by atoms with Crippen molar-refractivity contribution in [2.24, 2.45) is 0 Å². The van der Waals surface area contributed by atoms with Crippen LogP contribution >= 0.6 is 0 Å². The quantitative estimate of drug-likeness (QED) is 0.708. The Bertz CT molecular complexity index is 414. The Labute approximate surface area is 91.4 Å². The number of hydrogen-bond acceptors (Lipinski definition) is 0. The van der Waals surface area contributed by atoms with Crippen LogP contribution < -0.4 is 0 Å². The molecule has 0 fully saturated rings. The normalized spacial score (nSPS) is 12.7. The van der Waals surface area contributed by atoms with Crippen LogP contribution in [0.1, 0.15) is 30.6 Å². The minimum absolute atomic E-state index is 0.473. The molecule has 0 aliphatic heterocycles. The lowest BCUT2D eigenvalue weighted by molar-refractivity contribution is 0.557. The maximum absolute atomic E-state index is 2.34. The van der Waals surface area contributed by atoms with E-state index in [1.807, 2.05) is 0 Å². The van der Waals surface area contributed by atoms with Crippen molar-refractivity contribution in [2.75, 3.05) is 0 Å². The molecule has 0 radical (unpaired) electrons. The minimum atomic E-state index is 0.473. The first kappa shape index (κ1) is 10.0. The van der Waals surface area contributed by atoms with Gasteiger partial charge in [0.15, 0.2) is 0 Å². The maximum atomic E-state index is 2.34. The van der Waals surface area contributed by atoms with Gasteiger partial charge in [-0.25, -0.2) is 0 Å². The number of nitrogens with zero attached hydrogens (tertiary/aromatic N) is 1. The summed E-state index contributed by atoms with van der Waals surface area (Å²) < 4.78 is 2.34. The predicted octanol–water partition coefficient (Wildman–Crippen LogP) is 3.80. The summed E-state index contributed by atoms with van der Waals surface area (Å²) in [6, 6.07) is 15.4. The summed E-state index contributed by atoms with van der Waals surface area (Å²) in [7, 11) is 0. The second-order valence-corrected chi connectivity index (χ2v) is 3.89. The first-order chi connectivity index (χ1) is 7.33. The average molecular weight is 199 g/mol. The van der Waals surface area contributed by atoms with Crippen molar-refractivity contribution in [3.05, 3.63) is 59.9 Å². The molecule has 0 saturated heterocycles. The van der Waals surface area contributed by atoms with Gasteiger partial charge in [0.2, 0.25) is 0 Å². The Morgan fingerprint density at radius 1 is 1.07 bits per heavy atom. The number of aromatic nitrogens is 1. The number of hydrogen-bond donors (Lipinski definition) is 0. The van der Waals surface area contributed by atoms with E-state index in [4.69, 9.17) is 0 Å². The first-order valence-electron chi connectivity index (χ1n) is 5.51. The van der Waals surface area contributed by atoms with Crippen LogP contribution in [0.4, 0.5) is 0 Å². The molecule has 0 aliphatic rings. The van der Waals surface area contributed by atoms with Crippen molar-refractivity contribution in [1.82, 2.24) is 4.57 Å². The maximum Gasteiger partial charge on any atom is 0.0579 e. The Balaban J connectivity index is 2.37. The third-order valence-electron chi connectivity index (χ3n) is 2.90. The van der Waals surface area contributed by atoms with Crippen LogP contribution in [-0.2, 0) is 0 Å². The molecule has 0 unspecified atom stereocenters. The van der Waals surface area contributed by atoms with Crippen LogP contribution in [0.2, 0.25) is 0 Å². The first-order valence-corrected chi connectivity index (χ1v) is 5.51. The van der Waals surface area contributed by atoms with Gasteiger partial charge < -0.3 is 4.57 Å². The largest absolute Gasteiger partial charge is 0.344 e. The van der Waals surface area contributed by atoms with E-state index in [1.54, 1.807) is 0 Å². The Kier molecular flexibility index (Phi) is 2.91. The monoisotopic (exact) mass is 199 g/mol. The molecule has 1 nitrogen and oxygen atoms in total. The molecule has 1 heterocycles. The fraction of sp³-hybridized carbons (Fsp3) is 0.286. The average Bonchev–Trinajstić information content (AvgIpc) is 2.68. The Morgan fingerprint density at radius 3 is 2.33 bits per heavy atom. The topological polar surface area (TPSA) is 4.93 Å². The van der Waals surface area contributed by atoms with Gasteiger partial charge in [-0.1, -0.05) is 37.3 Å². The smallest absolute Gasteiger partial charge is 0.0579 e. The third-order valence-corrected chi connectivity index (χ3v) is 2.90. The van der Waals surface area contributed by atoms with Crippen molar-refractivity contribution in [3.8, 4) is 0 Å². The molecular formula is C14H17N. The predicted molar refractivity (Wildman–Crippen MR) is 64.0 cm³/mol. The highest BCUT2D eigenvalue weighted by molar-refractivity contribution is 5.22. The molecule has 0 N–H and O–H groups in total. The molecule has 0 saturated carbocycles. The molecule has 2 aromatic rings. The number of benzene rings is 1. The van der Waals surface area contributed by atoms with Crippen LogP contribution in [0.25, 0.3) is 0 Å². The molecule has 1 aromatic carbocycles. The summed E-state index contributed by atoms with van der Waals surface area (Å²) in [5.74, 6) is 0. The van der Waals surface area contributed by atoms with Crippen molar-refractivity contribution < 1.29 is 0 Å². The van der Waals surface area contributed by atoms with Crippen LogP contribution in [0, 0.1) is 6.92 Å². The van der Waals surface area contributed by atoms with E-state index in [0.717, 1.165) is 6.42 Å². The summed E-state index contributed by atoms with van der Waals surface area (Å²) in [5.41, 5.74) is 2.71. The standard InChI is InChI=1S/C14H17N/c1-3-14(13-9-5-4-6-10-13)15-11-7-8-12(15)2/h4-11,14H,3H2,1-2H3/t14-/m0/s1. The molecule has 78 valence electrons. The lowest BCUT2D eigenvalue weighted by Crippen LogP contribution is -2.09. The summed E-state index contributed by atoms with van der Waals surface area (Å²) in [6.45, 7) is 4.39. The second-order valence-electron chi connectivity index (χ2n) is 3.89. The molecule has 0 bridgehead atoms. The van der Waals surface area contributed by atoms with Crippen LogP contribution in [0.15, 0.2) is 48.7 Å². The van der Waals surface area contributed by atoms with E-state index < -0.39 is 0 Å². The van der Waals surface area contributed by atoms with Gasteiger partial charge in [0, 0.05) is 11.9 Å². The summed E-state index contributed by atoms with van der Waals surface area (Å²) in [4.78, 5) is 0. The van der Waals surface area contributed by atoms with Gasteiger partial charge in [0.25, 0.3) is 0 Å². The zero-order valence-corrected chi connectivity index (χ0v) is 9.35. The minimum Gasteiger partial charge on any atom is -0.344 e. The van der Waals surface area contributed by atoms with E-state index >= 15 is 0 Å². The highest BCUT2D eigenvalue weighted by atomic mass is 15.0. The van der Waals surface area contributed by atoms with Crippen molar-refractivity contribution in [1.29, 1.82) is 0 Å². The third kappa shape index (κ3) is 1.96. The van der Waals surface area contributed by atoms with E-state index in [-0.39, 0.29) is 0 Å². The van der Waals surface area contributed by atoms with Crippen LogP contribution in [-0.4, -0.2) is 4.57 Å². The van der Waals surface area contributed by atoms with Gasteiger partial charge >= 0.3 is 0 Å². The molecule has 0 amide bonds. The number of aryl methyl sites for hydroxylation is 1. The molecular weight excluding hydrogens is 182 g/mol. The molecule has 1 heteroatoms. The summed E-state index contributed by atoms with van der Waals surface area (Å²) >= 11 is 0. The molecule has 1 atom stereocenters. The van der Waals surface area contributed by atoms with Gasteiger partial charge in [-0.2, -0.15) is 0 Å². The highest BCUT2D eigenvalue weighted by Crippen LogP contribution is 2.23. The fourth-order valence-corrected chi connectivity index (χ4v) is 2.10. The van der Waals surface area contributed by atoms with Gasteiger partial charge in [0.1, 0.15) is 0 Å². The van der Waals surface area contributed by atoms with Crippen molar-refractivity contribution in [3.63, 3.8) is 0 Å². The van der Waals surface area contributed by atoms with E-state index in [1.165, 1.54) is 11.3 Å². The van der Waals surface area contributed by atoms with Gasteiger partial charge in [0.05, 0.1) is 6.04 Å².